The summed E-state index contributed by atoms with van der Waals surface area (Å²) < 4.78 is 0.715. The molecule has 0 bridgehead atoms. The van der Waals surface area contributed by atoms with Crippen molar-refractivity contribution >= 4 is 33.6 Å². The van der Waals surface area contributed by atoms with Crippen LogP contribution >= 0.6 is 15.9 Å². The van der Waals surface area contributed by atoms with Crippen LogP contribution in [0.3, 0.4) is 0 Å². The first kappa shape index (κ1) is 18.4. The van der Waals surface area contributed by atoms with E-state index in [2.05, 4.69) is 31.5 Å². The monoisotopic (exact) mass is 416 g/mol. The SMILES string of the molecule is Cc1cccc(C2Nc3ncc(Br)cc3C(=O)N2CC(=O)NC(C)C)c1. The van der Waals surface area contributed by atoms with Gasteiger partial charge in [-0.1, -0.05) is 29.8 Å². The van der Waals surface area contributed by atoms with Crippen molar-refractivity contribution in [1.29, 1.82) is 0 Å². The van der Waals surface area contributed by atoms with Gasteiger partial charge in [-0.05, 0) is 48.3 Å². The average Bonchev–Trinajstić information content (AvgIpc) is 2.57. The quantitative estimate of drug-likeness (QED) is 0.801. The van der Waals surface area contributed by atoms with E-state index in [4.69, 9.17) is 0 Å². The maximum atomic E-state index is 13.1. The number of hydrogen-bond donors (Lipinski definition) is 2. The van der Waals surface area contributed by atoms with Crippen molar-refractivity contribution in [2.45, 2.75) is 33.0 Å². The number of halogens is 1. The molecule has 0 fully saturated rings. The van der Waals surface area contributed by atoms with Crippen molar-refractivity contribution in [3.8, 4) is 0 Å². The molecule has 1 unspecified atom stereocenters. The number of nitrogens with one attached hydrogen (secondary N) is 2. The molecule has 2 N–H and O–H groups in total. The number of benzene rings is 1. The zero-order chi connectivity index (χ0) is 18.8. The van der Waals surface area contributed by atoms with Gasteiger partial charge in [0.15, 0.2) is 0 Å². The van der Waals surface area contributed by atoms with Gasteiger partial charge in [0, 0.05) is 16.7 Å². The number of rotatable bonds is 4. The molecule has 0 saturated heterocycles. The number of anilines is 1. The molecule has 2 aromatic rings. The lowest BCUT2D eigenvalue weighted by atomic mass is 10.0. The highest BCUT2D eigenvalue weighted by Gasteiger charge is 2.35. The molecule has 1 aliphatic heterocycles. The molecule has 1 aromatic carbocycles. The first-order chi connectivity index (χ1) is 12.3. The minimum Gasteiger partial charge on any atom is -0.352 e. The third-order valence-corrected chi connectivity index (χ3v) is 4.49. The Morgan fingerprint density at radius 2 is 2.15 bits per heavy atom. The number of carbonyl (C=O) groups excluding carboxylic acids is 2. The Balaban J connectivity index is 2.00. The largest absolute Gasteiger partial charge is 0.352 e. The third-order valence-electron chi connectivity index (χ3n) is 4.05. The van der Waals surface area contributed by atoms with Crippen LogP contribution in [0.2, 0.25) is 0 Å². The average molecular weight is 417 g/mol. The van der Waals surface area contributed by atoms with Crippen LogP contribution in [0.1, 0.15) is 41.5 Å². The van der Waals surface area contributed by atoms with Crippen LogP contribution in [0.4, 0.5) is 5.82 Å². The first-order valence-electron chi connectivity index (χ1n) is 8.44. The van der Waals surface area contributed by atoms with Gasteiger partial charge in [-0.25, -0.2) is 4.98 Å². The van der Waals surface area contributed by atoms with Crippen molar-refractivity contribution in [2.75, 3.05) is 11.9 Å². The fraction of sp³-hybridized carbons (Fsp3) is 0.316. The number of carbonyl (C=O) groups is 2. The zero-order valence-electron chi connectivity index (χ0n) is 14.9. The summed E-state index contributed by atoms with van der Waals surface area (Å²) in [4.78, 5) is 31.3. The Kier molecular flexibility index (Phi) is 5.27. The van der Waals surface area contributed by atoms with Gasteiger partial charge in [0.25, 0.3) is 5.91 Å². The number of amides is 2. The number of aryl methyl sites for hydroxylation is 1. The molecule has 136 valence electrons. The Morgan fingerprint density at radius 3 is 2.85 bits per heavy atom. The lowest BCUT2D eigenvalue weighted by Gasteiger charge is -2.37. The molecule has 2 heterocycles. The summed E-state index contributed by atoms with van der Waals surface area (Å²) in [7, 11) is 0. The Labute approximate surface area is 161 Å². The number of fused-ring (bicyclic) bond motifs is 1. The Bertz CT molecular complexity index is 853. The van der Waals surface area contributed by atoms with Crippen molar-refractivity contribution in [1.82, 2.24) is 15.2 Å². The predicted octanol–water partition coefficient (Wildman–Crippen LogP) is 3.24. The van der Waals surface area contributed by atoms with Crippen LogP contribution in [0, 0.1) is 6.92 Å². The molecular weight excluding hydrogens is 396 g/mol. The van der Waals surface area contributed by atoms with E-state index in [1.54, 1.807) is 17.2 Å². The van der Waals surface area contributed by atoms with Gasteiger partial charge in [0.2, 0.25) is 5.91 Å². The lowest BCUT2D eigenvalue weighted by molar-refractivity contribution is -0.122. The first-order valence-corrected chi connectivity index (χ1v) is 9.23. The third kappa shape index (κ3) is 3.88. The van der Waals surface area contributed by atoms with Crippen LogP contribution < -0.4 is 10.6 Å². The molecule has 26 heavy (non-hydrogen) atoms. The molecule has 0 spiro atoms. The van der Waals surface area contributed by atoms with Crippen molar-refractivity contribution in [3.05, 3.63) is 57.7 Å². The molecule has 0 aliphatic carbocycles. The van der Waals surface area contributed by atoms with Gasteiger partial charge in [0.1, 0.15) is 18.5 Å². The van der Waals surface area contributed by atoms with Gasteiger partial charge in [0.05, 0.1) is 5.56 Å². The number of hydrogen-bond acceptors (Lipinski definition) is 4. The molecule has 0 saturated carbocycles. The summed E-state index contributed by atoms with van der Waals surface area (Å²) in [6.07, 6.45) is 1.19. The molecule has 7 heteroatoms. The molecule has 1 atom stereocenters. The van der Waals surface area contributed by atoms with Crippen molar-refractivity contribution in [2.24, 2.45) is 0 Å². The van der Waals surface area contributed by atoms with E-state index in [1.807, 2.05) is 45.0 Å². The summed E-state index contributed by atoms with van der Waals surface area (Å²) in [6, 6.07) is 9.60. The van der Waals surface area contributed by atoms with Crippen LogP contribution in [-0.4, -0.2) is 34.3 Å². The minimum absolute atomic E-state index is 0.0101. The molecule has 1 aliphatic rings. The Hall–Kier alpha value is -2.41. The molecular formula is C19H21BrN4O2. The van der Waals surface area contributed by atoms with Crippen LogP contribution in [0.15, 0.2) is 41.0 Å². The smallest absolute Gasteiger partial charge is 0.260 e. The standard InChI is InChI=1S/C19H21BrN4O2/c1-11(2)22-16(25)10-24-18(13-6-4-5-12(3)7-13)23-17-15(19(24)26)8-14(20)9-21-17/h4-9,11,18H,10H2,1-3H3,(H,21,23)(H,22,25). The van der Waals surface area contributed by atoms with E-state index < -0.39 is 6.17 Å². The second kappa shape index (κ2) is 7.45. The van der Waals surface area contributed by atoms with E-state index in [9.17, 15) is 9.59 Å². The highest BCUT2D eigenvalue weighted by atomic mass is 79.9. The van der Waals surface area contributed by atoms with E-state index in [1.165, 1.54) is 0 Å². The molecule has 6 nitrogen and oxygen atoms in total. The van der Waals surface area contributed by atoms with Crippen molar-refractivity contribution in [3.63, 3.8) is 0 Å². The van der Waals surface area contributed by atoms with E-state index in [0.717, 1.165) is 11.1 Å². The van der Waals surface area contributed by atoms with Gasteiger partial charge in [-0.2, -0.15) is 0 Å². The zero-order valence-corrected chi connectivity index (χ0v) is 16.5. The topological polar surface area (TPSA) is 74.3 Å². The molecule has 2 amide bonds. The maximum absolute atomic E-state index is 13.1. The number of pyridine rings is 1. The van der Waals surface area contributed by atoms with Gasteiger partial charge in [-0.15, -0.1) is 0 Å². The summed E-state index contributed by atoms with van der Waals surface area (Å²) in [6.45, 7) is 5.74. The summed E-state index contributed by atoms with van der Waals surface area (Å²) in [5, 5.41) is 6.14. The van der Waals surface area contributed by atoms with E-state index >= 15 is 0 Å². The number of aromatic nitrogens is 1. The van der Waals surface area contributed by atoms with Gasteiger partial charge in [-0.3, -0.25) is 9.59 Å². The van der Waals surface area contributed by atoms with E-state index in [0.29, 0.717) is 15.9 Å². The molecule has 1 aromatic heterocycles. The lowest BCUT2D eigenvalue weighted by Crippen LogP contribution is -2.49. The second-order valence-corrected chi connectivity index (χ2v) is 7.58. The Morgan fingerprint density at radius 1 is 1.38 bits per heavy atom. The highest BCUT2D eigenvalue weighted by Crippen LogP contribution is 2.33. The summed E-state index contributed by atoms with van der Waals surface area (Å²) in [5.74, 6) is 0.0994. The fourth-order valence-corrected chi connectivity index (χ4v) is 3.32. The van der Waals surface area contributed by atoms with Crippen LogP contribution in [0.25, 0.3) is 0 Å². The normalized spacial score (nSPS) is 16.3. The van der Waals surface area contributed by atoms with Crippen molar-refractivity contribution < 1.29 is 9.59 Å². The van der Waals surface area contributed by atoms with Gasteiger partial charge >= 0.3 is 0 Å². The predicted molar refractivity (Wildman–Crippen MR) is 104 cm³/mol. The molecule has 3 rings (SSSR count). The van der Waals surface area contributed by atoms with Crippen LogP contribution in [0.5, 0.6) is 0 Å². The minimum atomic E-state index is -0.457. The maximum Gasteiger partial charge on any atom is 0.260 e. The van der Waals surface area contributed by atoms with Crippen LogP contribution in [-0.2, 0) is 4.79 Å². The van der Waals surface area contributed by atoms with E-state index in [-0.39, 0.29) is 24.4 Å². The second-order valence-electron chi connectivity index (χ2n) is 6.67. The fourth-order valence-electron chi connectivity index (χ4n) is 2.99. The van der Waals surface area contributed by atoms with Gasteiger partial charge < -0.3 is 15.5 Å². The highest BCUT2D eigenvalue weighted by molar-refractivity contribution is 9.10. The summed E-state index contributed by atoms with van der Waals surface area (Å²) in [5.41, 5.74) is 2.43. The number of nitrogens with zero attached hydrogens (tertiary/aromatic N) is 2. The molecule has 0 radical (unpaired) electrons. The summed E-state index contributed by atoms with van der Waals surface area (Å²) >= 11 is 3.35.